The molecule has 1 atom stereocenters. The molecule has 1 amide bonds. The molecule has 82 valence electrons. The maximum absolute atomic E-state index is 11.2. The molecule has 0 aromatic heterocycles. The summed E-state index contributed by atoms with van der Waals surface area (Å²) in [6.45, 7) is 4.16. The van der Waals surface area contributed by atoms with Crippen molar-refractivity contribution in [3.8, 4) is 5.75 Å². The molecule has 0 radical (unpaired) electrons. The van der Waals surface area contributed by atoms with E-state index in [0.29, 0.717) is 12.3 Å². The molecule has 0 heterocycles. The molecule has 0 spiro atoms. The fourth-order valence-electron chi connectivity index (χ4n) is 1.07. The van der Waals surface area contributed by atoms with Gasteiger partial charge in [0.25, 0.3) is 0 Å². The molecule has 1 aromatic carbocycles. The van der Waals surface area contributed by atoms with E-state index in [1.165, 1.54) is 0 Å². The van der Waals surface area contributed by atoms with Gasteiger partial charge in [0.1, 0.15) is 5.75 Å². The molecule has 4 nitrogen and oxygen atoms in total. The van der Waals surface area contributed by atoms with Crippen molar-refractivity contribution in [1.82, 2.24) is 5.32 Å². The van der Waals surface area contributed by atoms with E-state index in [2.05, 4.69) is 5.32 Å². The highest BCUT2D eigenvalue weighted by atomic mass is 16.6. The molecule has 3 N–H and O–H groups in total. The largest absolute Gasteiger partial charge is 0.412 e. The lowest BCUT2D eigenvalue weighted by molar-refractivity contribution is 0.200. The number of aryl methyl sites for hydroxylation is 1. The van der Waals surface area contributed by atoms with Crippen LogP contribution in [0.15, 0.2) is 24.3 Å². The summed E-state index contributed by atoms with van der Waals surface area (Å²) in [4.78, 5) is 11.2. The van der Waals surface area contributed by atoms with E-state index in [1.807, 2.05) is 26.0 Å². The van der Waals surface area contributed by atoms with Gasteiger partial charge in [0.2, 0.25) is 0 Å². The third-order valence-electron chi connectivity index (χ3n) is 1.77. The van der Waals surface area contributed by atoms with E-state index in [0.717, 1.165) is 5.56 Å². The maximum atomic E-state index is 11.2. The number of rotatable bonds is 3. The summed E-state index contributed by atoms with van der Waals surface area (Å²) in [6, 6.07) is 7.23. The van der Waals surface area contributed by atoms with Gasteiger partial charge in [0, 0.05) is 12.6 Å². The Hall–Kier alpha value is -1.55. The average Bonchev–Trinajstić information content (AvgIpc) is 2.15. The van der Waals surface area contributed by atoms with Crippen LogP contribution < -0.4 is 15.8 Å². The van der Waals surface area contributed by atoms with Crippen LogP contribution in [0.2, 0.25) is 0 Å². The molecule has 1 unspecified atom stereocenters. The molecule has 0 aliphatic heterocycles. The Morgan fingerprint density at radius 1 is 1.60 bits per heavy atom. The molecular formula is C11H16N2O2. The van der Waals surface area contributed by atoms with Crippen molar-refractivity contribution in [3.05, 3.63) is 29.8 Å². The van der Waals surface area contributed by atoms with Crippen molar-refractivity contribution in [3.63, 3.8) is 0 Å². The van der Waals surface area contributed by atoms with Crippen molar-refractivity contribution in [2.75, 3.05) is 6.54 Å². The molecule has 1 aromatic rings. The number of hydrogen-bond acceptors (Lipinski definition) is 3. The third-order valence-corrected chi connectivity index (χ3v) is 1.77. The first kappa shape index (κ1) is 11.5. The van der Waals surface area contributed by atoms with Gasteiger partial charge < -0.3 is 15.8 Å². The zero-order valence-corrected chi connectivity index (χ0v) is 8.99. The van der Waals surface area contributed by atoms with Gasteiger partial charge in [-0.3, -0.25) is 0 Å². The zero-order chi connectivity index (χ0) is 11.3. The Bertz CT molecular complexity index is 337. The van der Waals surface area contributed by atoms with Gasteiger partial charge in [-0.2, -0.15) is 0 Å². The first-order valence-corrected chi connectivity index (χ1v) is 4.86. The van der Waals surface area contributed by atoms with E-state index in [1.54, 1.807) is 12.1 Å². The number of carbonyl (C=O) groups excluding carboxylic acids is 1. The van der Waals surface area contributed by atoms with Crippen LogP contribution in [0.25, 0.3) is 0 Å². The Labute approximate surface area is 89.4 Å². The zero-order valence-electron chi connectivity index (χ0n) is 8.99. The minimum Gasteiger partial charge on any atom is -0.410 e. The first-order valence-electron chi connectivity index (χ1n) is 4.86. The van der Waals surface area contributed by atoms with Crippen LogP contribution in [0.3, 0.4) is 0 Å². The van der Waals surface area contributed by atoms with Crippen molar-refractivity contribution in [1.29, 1.82) is 0 Å². The maximum Gasteiger partial charge on any atom is 0.412 e. The summed E-state index contributed by atoms with van der Waals surface area (Å²) in [6.07, 6.45) is -0.474. The molecule has 0 aliphatic rings. The number of ether oxygens (including phenoxy) is 1. The highest BCUT2D eigenvalue weighted by molar-refractivity contribution is 5.70. The summed E-state index contributed by atoms with van der Waals surface area (Å²) in [5.41, 5.74) is 6.54. The number of amides is 1. The summed E-state index contributed by atoms with van der Waals surface area (Å²) >= 11 is 0. The van der Waals surface area contributed by atoms with Gasteiger partial charge in [-0.05, 0) is 31.5 Å². The van der Waals surface area contributed by atoms with Gasteiger partial charge in [-0.15, -0.1) is 0 Å². The van der Waals surface area contributed by atoms with Crippen LogP contribution in [0, 0.1) is 6.92 Å². The van der Waals surface area contributed by atoms with Crippen molar-refractivity contribution in [2.24, 2.45) is 5.73 Å². The monoisotopic (exact) mass is 208 g/mol. The Morgan fingerprint density at radius 2 is 2.33 bits per heavy atom. The van der Waals surface area contributed by atoms with Crippen molar-refractivity contribution >= 4 is 6.09 Å². The predicted molar refractivity (Wildman–Crippen MR) is 58.9 cm³/mol. The highest BCUT2D eigenvalue weighted by Gasteiger charge is 2.04. The minimum atomic E-state index is -0.474. The summed E-state index contributed by atoms with van der Waals surface area (Å²) in [7, 11) is 0. The summed E-state index contributed by atoms with van der Waals surface area (Å²) in [5, 5.41) is 2.56. The number of hydrogen-bond donors (Lipinski definition) is 2. The topological polar surface area (TPSA) is 64.3 Å². The van der Waals surface area contributed by atoms with Gasteiger partial charge in [0.15, 0.2) is 0 Å². The summed E-state index contributed by atoms with van der Waals surface area (Å²) < 4.78 is 5.04. The Kier molecular flexibility index (Phi) is 4.12. The lowest BCUT2D eigenvalue weighted by atomic mass is 10.2. The number of nitrogens with one attached hydrogen (secondary N) is 1. The Balaban J connectivity index is 2.44. The second-order valence-corrected chi connectivity index (χ2v) is 3.56. The fourth-order valence-corrected chi connectivity index (χ4v) is 1.07. The van der Waals surface area contributed by atoms with Crippen LogP contribution in [0.5, 0.6) is 5.75 Å². The van der Waals surface area contributed by atoms with Gasteiger partial charge >= 0.3 is 6.09 Å². The summed E-state index contributed by atoms with van der Waals surface area (Å²) in [5.74, 6) is 0.539. The molecule has 0 aliphatic carbocycles. The third kappa shape index (κ3) is 4.46. The lowest BCUT2D eigenvalue weighted by Gasteiger charge is -2.08. The smallest absolute Gasteiger partial charge is 0.410 e. The van der Waals surface area contributed by atoms with E-state index in [4.69, 9.17) is 10.5 Å². The van der Waals surface area contributed by atoms with E-state index in [9.17, 15) is 4.79 Å². The molecule has 0 saturated heterocycles. The fraction of sp³-hybridized carbons (Fsp3) is 0.364. The highest BCUT2D eigenvalue weighted by Crippen LogP contribution is 2.12. The molecule has 15 heavy (non-hydrogen) atoms. The predicted octanol–water partition coefficient (Wildman–Crippen LogP) is 1.43. The average molecular weight is 208 g/mol. The quantitative estimate of drug-likeness (QED) is 0.789. The molecule has 4 heteroatoms. The van der Waals surface area contributed by atoms with Crippen LogP contribution in [-0.4, -0.2) is 18.7 Å². The van der Waals surface area contributed by atoms with Crippen molar-refractivity contribution < 1.29 is 9.53 Å². The van der Waals surface area contributed by atoms with Gasteiger partial charge in [-0.1, -0.05) is 12.1 Å². The van der Waals surface area contributed by atoms with Gasteiger partial charge in [-0.25, -0.2) is 4.79 Å². The van der Waals surface area contributed by atoms with Crippen LogP contribution in [0.4, 0.5) is 4.79 Å². The van der Waals surface area contributed by atoms with E-state index < -0.39 is 6.09 Å². The number of benzene rings is 1. The molecule has 0 bridgehead atoms. The normalized spacial score (nSPS) is 11.9. The van der Waals surface area contributed by atoms with E-state index >= 15 is 0 Å². The van der Waals surface area contributed by atoms with E-state index in [-0.39, 0.29) is 6.04 Å². The first-order chi connectivity index (χ1) is 7.08. The van der Waals surface area contributed by atoms with Crippen LogP contribution in [0.1, 0.15) is 12.5 Å². The minimum absolute atomic E-state index is 0.0740. The molecular weight excluding hydrogens is 192 g/mol. The Morgan fingerprint density at radius 3 is 2.93 bits per heavy atom. The van der Waals surface area contributed by atoms with Crippen LogP contribution >= 0.6 is 0 Å². The van der Waals surface area contributed by atoms with Crippen LogP contribution in [-0.2, 0) is 0 Å². The standard InChI is InChI=1S/C11H16N2O2/c1-8-4-3-5-10(6-8)15-11(14)13-7-9(2)12/h3-6,9H,7,12H2,1-2H3,(H,13,14). The lowest BCUT2D eigenvalue weighted by Crippen LogP contribution is -2.36. The molecule has 1 rings (SSSR count). The molecule has 0 saturated carbocycles. The second kappa shape index (κ2) is 5.36. The number of nitrogens with two attached hydrogens (primary N) is 1. The van der Waals surface area contributed by atoms with Gasteiger partial charge in [0.05, 0.1) is 0 Å². The second-order valence-electron chi connectivity index (χ2n) is 3.56. The number of carbonyl (C=O) groups is 1. The van der Waals surface area contributed by atoms with Crippen molar-refractivity contribution in [2.45, 2.75) is 19.9 Å². The molecule has 0 fully saturated rings. The SMILES string of the molecule is Cc1cccc(OC(=O)NCC(C)N)c1.